The van der Waals surface area contributed by atoms with Gasteiger partial charge in [0.1, 0.15) is 11.4 Å². The summed E-state index contributed by atoms with van der Waals surface area (Å²) < 4.78 is 31.8. The molecule has 5 rings (SSSR count). The average molecular weight is 659 g/mol. The summed E-state index contributed by atoms with van der Waals surface area (Å²) in [6, 6.07) is 12.1. The molecule has 0 radical (unpaired) electrons. The fourth-order valence-corrected chi connectivity index (χ4v) is 5.56. The second-order valence-electron chi connectivity index (χ2n) is 10.2. The lowest BCUT2D eigenvalue weighted by Crippen LogP contribution is -2.46. The molecule has 0 aliphatic carbocycles. The van der Waals surface area contributed by atoms with Crippen molar-refractivity contribution in [1.82, 2.24) is 20.1 Å². The monoisotopic (exact) mass is 657 g/mol. The van der Waals surface area contributed by atoms with Gasteiger partial charge in [0.15, 0.2) is 0 Å². The SMILES string of the molecule is COc1cc(C(=O)Nc2cc(F)cc(-c3cccc(-c4ccc(CNC5CCOC[C@@H]5O)c(OC)n4)c3Cl)c2Cl)c(=O)n(C)n1. The van der Waals surface area contributed by atoms with Crippen LogP contribution < -0.4 is 25.7 Å². The molecule has 1 aliphatic rings. The van der Waals surface area contributed by atoms with Crippen LogP contribution in [0.25, 0.3) is 22.4 Å². The van der Waals surface area contributed by atoms with Gasteiger partial charge in [-0.3, -0.25) is 9.59 Å². The summed E-state index contributed by atoms with van der Waals surface area (Å²) >= 11 is 13.6. The van der Waals surface area contributed by atoms with Crippen LogP contribution in [0.15, 0.2) is 53.3 Å². The van der Waals surface area contributed by atoms with Crippen LogP contribution in [0, 0.1) is 5.82 Å². The predicted molar refractivity (Wildman–Crippen MR) is 168 cm³/mol. The summed E-state index contributed by atoms with van der Waals surface area (Å²) in [6.07, 6.45) is 0.0796. The summed E-state index contributed by atoms with van der Waals surface area (Å²) in [4.78, 5) is 30.3. The number of hydrogen-bond acceptors (Lipinski definition) is 9. The number of anilines is 1. The van der Waals surface area contributed by atoms with Crippen LogP contribution in [0.3, 0.4) is 0 Å². The lowest BCUT2D eigenvalue weighted by Gasteiger charge is -2.28. The quantitative estimate of drug-likeness (QED) is 0.238. The maximum absolute atomic E-state index is 14.9. The van der Waals surface area contributed by atoms with Gasteiger partial charge in [0.2, 0.25) is 11.8 Å². The van der Waals surface area contributed by atoms with Gasteiger partial charge in [0, 0.05) is 54.6 Å². The van der Waals surface area contributed by atoms with E-state index in [0.717, 1.165) is 16.3 Å². The molecule has 0 spiro atoms. The first kappa shape index (κ1) is 32.3. The molecule has 2 atom stereocenters. The second kappa shape index (κ2) is 13.9. The van der Waals surface area contributed by atoms with E-state index in [-0.39, 0.29) is 45.4 Å². The van der Waals surface area contributed by atoms with E-state index < -0.39 is 23.4 Å². The Hall–Kier alpha value is -4.07. The fourth-order valence-electron chi connectivity index (χ4n) is 4.98. The van der Waals surface area contributed by atoms with Crippen LogP contribution in [0.1, 0.15) is 22.3 Å². The average Bonchev–Trinajstić information content (AvgIpc) is 3.03. The molecule has 3 heterocycles. The van der Waals surface area contributed by atoms with E-state index in [0.29, 0.717) is 42.3 Å². The van der Waals surface area contributed by atoms with E-state index >= 15 is 0 Å². The van der Waals surface area contributed by atoms with Crippen LogP contribution in [-0.2, 0) is 18.3 Å². The van der Waals surface area contributed by atoms with Crippen molar-refractivity contribution in [3.63, 3.8) is 0 Å². The van der Waals surface area contributed by atoms with E-state index in [9.17, 15) is 19.1 Å². The minimum absolute atomic E-state index is 0.00362. The Kier molecular flexibility index (Phi) is 10.0. The lowest BCUT2D eigenvalue weighted by atomic mass is 10.00. The van der Waals surface area contributed by atoms with Gasteiger partial charge in [0.25, 0.3) is 11.5 Å². The zero-order valence-electron chi connectivity index (χ0n) is 24.6. The molecule has 1 unspecified atom stereocenters. The van der Waals surface area contributed by atoms with Crippen molar-refractivity contribution < 1.29 is 28.5 Å². The highest BCUT2D eigenvalue weighted by molar-refractivity contribution is 6.39. The smallest absolute Gasteiger partial charge is 0.279 e. The first-order valence-corrected chi connectivity index (χ1v) is 14.6. The molecule has 11 nitrogen and oxygen atoms in total. The highest BCUT2D eigenvalue weighted by Crippen LogP contribution is 2.42. The molecule has 0 bridgehead atoms. The van der Waals surface area contributed by atoms with E-state index in [4.69, 9.17) is 37.4 Å². The molecule has 1 fully saturated rings. The van der Waals surface area contributed by atoms with Crippen molar-refractivity contribution in [2.45, 2.75) is 25.1 Å². The van der Waals surface area contributed by atoms with E-state index in [1.54, 1.807) is 24.3 Å². The summed E-state index contributed by atoms with van der Waals surface area (Å²) in [5.41, 5.74) is 1.39. The molecule has 1 aliphatic heterocycles. The summed E-state index contributed by atoms with van der Waals surface area (Å²) in [5.74, 6) is -1.11. The Labute approximate surface area is 267 Å². The number of rotatable bonds is 9. The van der Waals surface area contributed by atoms with Gasteiger partial charge in [-0.25, -0.2) is 14.1 Å². The number of methoxy groups -OCH3 is 2. The molecule has 1 amide bonds. The Bertz CT molecular complexity index is 1800. The lowest BCUT2D eigenvalue weighted by molar-refractivity contribution is -0.0281. The van der Waals surface area contributed by atoms with Crippen LogP contribution in [-0.4, -0.2) is 65.4 Å². The second-order valence-corrected chi connectivity index (χ2v) is 11.0. The van der Waals surface area contributed by atoms with Gasteiger partial charge in [0.05, 0.1) is 48.4 Å². The number of aryl methyl sites for hydroxylation is 1. The van der Waals surface area contributed by atoms with Crippen molar-refractivity contribution in [2.24, 2.45) is 7.05 Å². The first-order valence-electron chi connectivity index (χ1n) is 13.9. The number of pyridine rings is 1. The number of aliphatic hydroxyl groups is 1. The zero-order valence-corrected chi connectivity index (χ0v) is 26.1. The highest BCUT2D eigenvalue weighted by atomic mass is 35.5. The molecule has 236 valence electrons. The van der Waals surface area contributed by atoms with Crippen LogP contribution in [0.2, 0.25) is 10.0 Å². The van der Waals surface area contributed by atoms with Crippen molar-refractivity contribution in [2.75, 3.05) is 32.8 Å². The van der Waals surface area contributed by atoms with Crippen LogP contribution in [0.5, 0.6) is 11.8 Å². The minimum Gasteiger partial charge on any atom is -0.481 e. The maximum atomic E-state index is 14.9. The van der Waals surface area contributed by atoms with Crippen LogP contribution in [0.4, 0.5) is 10.1 Å². The third kappa shape index (κ3) is 6.95. The van der Waals surface area contributed by atoms with Crippen molar-refractivity contribution >= 4 is 34.8 Å². The van der Waals surface area contributed by atoms with Gasteiger partial charge in [-0.05, 0) is 24.6 Å². The zero-order chi connectivity index (χ0) is 32.2. The van der Waals surface area contributed by atoms with Crippen LogP contribution >= 0.6 is 23.2 Å². The third-order valence-corrected chi connectivity index (χ3v) is 8.17. The number of nitrogens with zero attached hydrogens (tertiary/aromatic N) is 3. The molecular formula is C31H30Cl2FN5O6. The number of aliphatic hydroxyl groups excluding tert-OH is 1. The van der Waals surface area contributed by atoms with Crippen molar-refractivity contribution in [3.8, 4) is 34.1 Å². The van der Waals surface area contributed by atoms with E-state index in [1.807, 2.05) is 6.07 Å². The molecule has 0 saturated carbocycles. The Morgan fingerprint density at radius 1 is 1.11 bits per heavy atom. The largest absolute Gasteiger partial charge is 0.481 e. The number of amides is 1. The molecule has 3 N–H and O–H groups in total. The highest BCUT2D eigenvalue weighted by Gasteiger charge is 2.24. The van der Waals surface area contributed by atoms with E-state index in [1.165, 1.54) is 33.4 Å². The minimum atomic E-state index is -0.827. The molecule has 45 heavy (non-hydrogen) atoms. The predicted octanol–water partition coefficient (Wildman–Crippen LogP) is 4.46. The fraction of sp³-hybridized carbons (Fsp3) is 0.290. The number of carbonyl (C=O) groups excluding carboxylic acids is 1. The normalized spacial score (nSPS) is 16.3. The van der Waals surface area contributed by atoms with Gasteiger partial charge in [-0.1, -0.05) is 47.5 Å². The maximum Gasteiger partial charge on any atom is 0.279 e. The first-order chi connectivity index (χ1) is 21.6. The summed E-state index contributed by atoms with van der Waals surface area (Å²) in [7, 11) is 4.23. The Morgan fingerprint density at radius 2 is 1.89 bits per heavy atom. The summed E-state index contributed by atoms with van der Waals surface area (Å²) in [6.45, 7) is 1.27. The molecule has 14 heteroatoms. The van der Waals surface area contributed by atoms with Gasteiger partial charge < -0.3 is 30.0 Å². The topological polar surface area (TPSA) is 137 Å². The molecule has 1 saturated heterocycles. The Morgan fingerprint density at radius 3 is 2.62 bits per heavy atom. The molecule has 4 aromatic rings. The van der Waals surface area contributed by atoms with Gasteiger partial charge >= 0.3 is 0 Å². The molecule has 2 aromatic heterocycles. The number of halogens is 3. The van der Waals surface area contributed by atoms with Gasteiger partial charge in [-0.15, -0.1) is 5.10 Å². The van der Waals surface area contributed by atoms with Crippen molar-refractivity contribution in [3.05, 3.63) is 85.9 Å². The number of ether oxygens (including phenoxy) is 3. The van der Waals surface area contributed by atoms with Crippen molar-refractivity contribution in [1.29, 1.82) is 0 Å². The standard InChI is InChI=1S/C31H30Cl2FN5O6/c1-39-31(42)21(13-26(38-39)43-2)29(41)36-24-12-17(34)11-20(28(24)33)18-5-4-6-19(27(18)32)22-8-7-16(30(37-22)44-3)14-35-23-9-10-45-15-25(23)40/h4-8,11-13,23,25,35,40H,9-10,14-15H2,1-3H3,(H,36,41)/t23?,25-/m0/s1. The van der Waals surface area contributed by atoms with E-state index in [2.05, 4.69) is 20.7 Å². The Balaban J connectivity index is 1.44. The number of hydrogen-bond donors (Lipinski definition) is 3. The molecule has 2 aromatic carbocycles. The summed E-state index contributed by atoms with van der Waals surface area (Å²) in [5, 5.41) is 20.2. The third-order valence-electron chi connectivity index (χ3n) is 7.36. The molecular weight excluding hydrogens is 628 g/mol. The number of nitrogens with one attached hydrogen (secondary N) is 2. The number of carbonyl (C=O) groups is 1. The number of benzene rings is 2. The number of aromatic nitrogens is 3. The van der Waals surface area contributed by atoms with Gasteiger partial charge in [-0.2, -0.15) is 0 Å².